The zero-order valence-corrected chi connectivity index (χ0v) is 18.2. The molecule has 1 fully saturated rings. The molecule has 0 spiro atoms. The highest BCUT2D eigenvalue weighted by Gasteiger charge is 2.28. The van der Waals surface area contributed by atoms with E-state index in [0.29, 0.717) is 31.6 Å². The van der Waals surface area contributed by atoms with Crippen LogP contribution in [0.4, 0.5) is 5.69 Å². The lowest BCUT2D eigenvalue weighted by Gasteiger charge is -2.27. The Morgan fingerprint density at radius 2 is 1.88 bits per heavy atom. The van der Waals surface area contributed by atoms with E-state index in [4.69, 9.17) is 5.26 Å². The number of anilines is 1. The first kappa shape index (κ1) is 21.4. The maximum Gasteiger partial charge on any atom is 0.245 e. The molecule has 2 amide bonds. The zero-order valence-electron chi connectivity index (χ0n) is 18.2. The van der Waals surface area contributed by atoms with E-state index in [1.54, 1.807) is 0 Å². The number of aromatic amines is 1. The van der Waals surface area contributed by atoms with Gasteiger partial charge in [0.1, 0.15) is 6.04 Å². The van der Waals surface area contributed by atoms with Gasteiger partial charge in [0.2, 0.25) is 11.8 Å². The van der Waals surface area contributed by atoms with Crippen LogP contribution in [0.2, 0.25) is 0 Å². The van der Waals surface area contributed by atoms with Crippen molar-refractivity contribution in [3.63, 3.8) is 0 Å². The van der Waals surface area contributed by atoms with Crippen LogP contribution in [0.5, 0.6) is 0 Å². The molecular formula is C25H27N5O2. The molecule has 0 radical (unpaired) electrons. The Bertz CT molecular complexity index is 1150. The van der Waals surface area contributed by atoms with Crippen molar-refractivity contribution in [2.45, 2.75) is 25.8 Å². The monoisotopic (exact) mass is 429 g/mol. The Labute approximate surface area is 187 Å². The molecule has 0 saturated carbocycles. The molecule has 3 aromatic rings. The molecule has 2 heterocycles. The molecule has 0 bridgehead atoms. The van der Waals surface area contributed by atoms with Gasteiger partial charge in [-0.15, -0.1) is 0 Å². The smallest absolute Gasteiger partial charge is 0.245 e. The molecule has 4 rings (SSSR count). The third kappa shape index (κ3) is 4.75. The van der Waals surface area contributed by atoms with Gasteiger partial charge in [-0.05, 0) is 42.3 Å². The van der Waals surface area contributed by atoms with Gasteiger partial charge in [0.05, 0.1) is 11.6 Å². The summed E-state index contributed by atoms with van der Waals surface area (Å²) in [5.74, 6) is -0.260. The van der Waals surface area contributed by atoms with Gasteiger partial charge in [-0.25, -0.2) is 0 Å². The number of nitriles is 1. The second-order valence-corrected chi connectivity index (χ2v) is 8.14. The summed E-state index contributed by atoms with van der Waals surface area (Å²) in [5.41, 5.74) is 3.72. The SMILES string of the molecule is CC(=O)NC(Cc1c[nH]c2ccccc12)C(=O)N1CCCN(c2ccc(C#N)cc2)CC1. The number of hydrogen-bond acceptors (Lipinski definition) is 4. The lowest BCUT2D eigenvalue weighted by atomic mass is 10.0. The normalized spacial score (nSPS) is 15.1. The highest BCUT2D eigenvalue weighted by Crippen LogP contribution is 2.21. The number of rotatable bonds is 5. The molecule has 1 atom stereocenters. The molecule has 7 heteroatoms. The summed E-state index contributed by atoms with van der Waals surface area (Å²) in [6, 6.07) is 17.0. The van der Waals surface area contributed by atoms with Crippen molar-refractivity contribution in [1.82, 2.24) is 15.2 Å². The fraction of sp³-hybridized carbons (Fsp3) is 0.320. The standard InChI is InChI=1S/C25H27N5O2/c1-18(31)28-24(15-20-17-27-23-6-3-2-5-22(20)23)25(32)30-12-4-11-29(13-14-30)21-9-7-19(16-26)8-10-21/h2-3,5-10,17,24,27H,4,11-15H2,1H3,(H,28,31). The Morgan fingerprint density at radius 1 is 1.09 bits per heavy atom. The molecule has 1 saturated heterocycles. The van der Waals surface area contributed by atoms with Crippen LogP contribution < -0.4 is 10.2 Å². The van der Waals surface area contributed by atoms with Crippen LogP contribution in [0.25, 0.3) is 10.9 Å². The third-order valence-corrected chi connectivity index (χ3v) is 5.94. The van der Waals surface area contributed by atoms with E-state index >= 15 is 0 Å². The summed E-state index contributed by atoms with van der Waals surface area (Å²) in [7, 11) is 0. The number of carbonyl (C=O) groups excluding carboxylic acids is 2. The molecule has 2 N–H and O–H groups in total. The fourth-order valence-electron chi connectivity index (χ4n) is 4.33. The molecule has 1 aromatic heterocycles. The summed E-state index contributed by atoms with van der Waals surface area (Å²) < 4.78 is 0. The van der Waals surface area contributed by atoms with Gasteiger partial charge in [-0.2, -0.15) is 5.26 Å². The molecular weight excluding hydrogens is 402 g/mol. The predicted molar refractivity (Wildman–Crippen MR) is 124 cm³/mol. The number of amides is 2. The van der Waals surface area contributed by atoms with Crippen LogP contribution >= 0.6 is 0 Å². The Kier molecular flexibility index (Phi) is 6.41. The van der Waals surface area contributed by atoms with Crippen molar-refractivity contribution in [1.29, 1.82) is 5.26 Å². The summed E-state index contributed by atoms with van der Waals surface area (Å²) in [5, 5.41) is 12.9. The molecule has 1 aliphatic heterocycles. The van der Waals surface area contributed by atoms with E-state index in [-0.39, 0.29) is 11.8 Å². The Balaban J connectivity index is 1.47. The van der Waals surface area contributed by atoms with Crippen LogP contribution in [-0.2, 0) is 16.0 Å². The van der Waals surface area contributed by atoms with Crippen molar-refractivity contribution in [2.75, 3.05) is 31.1 Å². The lowest BCUT2D eigenvalue weighted by molar-refractivity contribution is -0.135. The Morgan fingerprint density at radius 3 is 2.62 bits per heavy atom. The van der Waals surface area contributed by atoms with Crippen LogP contribution in [0.3, 0.4) is 0 Å². The van der Waals surface area contributed by atoms with Crippen molar-refractivity contribution >= 4 is 28.4 Å². The minimum Gasteiger partial charge on any atom is -0.370 e. The molecule has 7 nitrogen and oxygen atoms in total. The van der Waals surface area contributed by atoms with Crippen LogP contribution in [0.1, 0.15) is 24.5 Å². The average molecular weight is 430 g/mol. The molecule has 0 aliphatic carbocycles. The zero-order chi connectivity index (χ0) is 22.5. The number of hydrogen-bond donors (Lipinski definition) is 2. The molecule has 164 valence electrons. The highest BCUT2D eigenvalue weighted by atomic mass is 16.2. The van der Waals surface area contributed by atoms with Gasteiger partial charge in [0, 0.05) is 62.3 Å². The van der Waals surface area contributed by atoms with E-state index < -0.39 is 6.04 Å². The average Bonchev–Trinajstić information content (AvgIpc) is 3.05. The first-order valence-corrected chi connectivity index (χ1v) is 10.9. The van der Waals surface area contributed by atoms with Gasteiger partial charge in [0.15, 0.2) is 0 Å². The van der Waals surface area contributed by atoms with Gasteiger partial charge in [0.25, 0.3) is 0 Å². The molecule has 2 aromatic carbocycles. The lowest BCUT2D eigenvalue weighted by Crippen LogP contribution is -2.50. The highest BCUT2D eigenvalue weighted by molar-refractivity contribution is 5.89. The summed E-state index contributed by atoms with van der Waals surface area (Å²) in [6.45, 7) is 4.23. The first-order valence-electron chi connectivity index (χ1n) is 10.9. The van der Waals surface area contributed by atoms with Crippen molar-refractivity contribution < 1.29 is 9.59 Å². The Hall–Kier alpha value is -3.79. The van der Waals surface area contributed by atoms with Gasteiger partial charge >= 0.3 is 0 Å². The molecule has 1 aliphatic rings. The third-order valence-electron chi connectivity index (χ3n) is 5.94. The van der Waals surface area contributed by atoms with E-state index in [2.05, 4.69) is 21.3 Å². The summed E-state index contributed by atoms with van der Waals surface area (Å²) >= 11 is 0. The fourth-order valence-corrected chi connectivity index (χ4v) is 4.33. The predicted octanol–water partition coefficient (Wildman–Crippen LogP) is 2.83. The summed E-state index contributed by atoms with van der Waals surface area (Å²) in [4.78, 5) is 32.6. The number of nitrogens with one attached hydrogen (secondary N) is 2. The van der Waals surface area contributed by atoms with Crippen LogP contribution in [-0.4, -0.2) is 53.9 Å². The quantitative estimate of drug-likeness (QED) is 0.652. The number of nitrogens with zero attached hydrogens (tertiary/aromatic N) is 3. The van der Waals surface area contributed by atoms with Gasteiger partial charge < -0.3 is 20.1 Å². The number of aromatic nitrogens is 1. The minimum atomic E-state index is -0.604. The van der Waals surface area contributed by atoms with Crippen molar-refractivity contribution in [2.24, 2.45) is 0 Å². The number of carbonyl (C=O) groups is 2. The van der Waals surface area contributed by atoms with Gasteiger partial charge in [-0.3, -0.25) is 9.59 Å². The number of H-pyrrole nitrogens is 1. The second kappa shape index (κ2) is 9.56. The van der Waals surface area contributed by atoms with E-state index in [0.717, 1.165) is 35.1 Å². The maximum absolute atomic E-state index is 13.4. The summed E-state index contributed by atoms with van der Waals surface area (Å²) in [6.07, 6.45) is 3.20. The topological polar surface area (TPSA) is 92.2 Å². The largest absolute Gasteiger partial charge is 0.370 e. The van der Waals surface area contributed by atoms with Crippen LogP contribution in [0, 0.1) is 11.3 Å². The van der Waals surface area contributed by atoms with Gasteiger partial charge in [-0.1, -0.05) is 18.2 Å². The minimum absolute atomic E-state index is 0.0489. The van der Waals surface area contributed by atoms with E-state index in [1.807, 2.05) is 59.6 Å². The first-order chi connectivity index (χ1) is 15.5. The van der Waals surface area contributed by atoms with E-state index in [1.165, 1.54) is 6.92 Å². The number of benzene rings is 2. The molecule has 1 unspecified atom stereocenters. The molecule has 32 heavy (non-hydrogen) atoms. The van der Waals surface area contributed by atoms with Crippen molar-refractivity contribution in [3.8, 4) is 6.07 Å². The maximum atomic E-state index is 13.4. The van der Waals surface area contributed by atoms with Crippen LogP contribution in [0.15, 0.2) is 54.7 Å². The van der Waals surface area contributed by atoms with Crippen molar-refractivity contribution in [3.05, 3.63) is 65.9 Å². The number of para-hydroxylation sites is 1. The number of fused-ring (bicyclic) bond motifs is 1. The van der Waals surface area contributed by atoms with E-state index in [9.17, 15) is 9.59 Å². The second-order valence-electron chi connectivity index (χ2n) is 8.14.